The molecule has 0 aromatic rings. The third-order valence-electron chi connectivity index (χ3n) is 2.59. The van der Waals surface area contributed by atoms with Gasteiger partial charge >= 0.3 is 0 Å². The Morgan fingerprint density at radius 3 is 2.00 bits per heavy atom. The molecule has 3 nitrogen and oxygen atoms in total. The smallest absolute Gasteiger partial charge is 0.00682 e. The van der Waals surface area contributed by atoms with Crippen LogP contribution in [0, 0.1) is 0 Å². The van der Waals surface area contributed by atoms with Gasteiger partial charge in [0.2, 0.25) is 0 Å². The Hall–Kier alpha value is 0.750. The minimum atomic E-state index is 0. The molecule has 0 aliphatic heterocycles. The molecule has 0 bridgehead atoms. The quantitative estimate of drug-likeness (QED) is 0.683. The lowest BCUT2D eigenvalue weighted by Crippen LogP contribution is -2.38. The largest absolute Gasteiger partial charge is 0.330 e. The highest BCUT2D eigenvalue weighted by Crippen LogP contribution is 2.16. The van der Waals surface area contributed by atoms with Gasteiger partial charge < -0.3 is 16.8 Å². The molecule has 0 heterocycles. The third kappa shape index (κ3) is 9.67. The van der Waals surface area contributed by atoms with Crippen LogP contribution in [0.3, 0.4) is 0 Å². The molecule has 15 heavy (non-hydrogen) atoms. The van der Waals surface area contributed by atoms with Crippen LogP contribution in [-0.2, 0) is 0 Å². The highest BCUT2D eigenvalue weighted by atomic mass is 35.5. The molecular formula is C9H24Cl3N3. The van der Waals surface area contributed by atoms with Crippen molar-refractivity contribution in [3.8, 4) is 0 Å². The van der Waals surface area contributed by atoms with Crippen LogP contribution in [0.4, 0.5) is 0 Å². The minimum Gasteiger partial charge on any atom is -0.330 e. The SMILES string of the molecule is Cl.Cl.Cl.NCCCNC1CCC(N)CC1. The Morgan fingerprint density at radius 2 is 1.53 bits per heavy atom. The fourth-order valence-electron chi connectivity index (χ4n) is 1.73. The van der Waals surface area contributed by atoms with Gasteiger partial charge in [-0.3, -0.25) is 0 Å². The van der Waals surface area contributed by atoms with E-state index in [1.54, 1.807) is 0 Å². The van der Waals surface area contributed by atoms with E-state index in [2.05, 4.69) is 5.32 Å². The first kappa shape index (κ1) is 21.1. The van der Waals surface area contributed by atoms with E-state index in [1.165, 1.54) is 25.7 Å². The van der Waals surface area contributed by atoms with Gasteiger partial charge in [-0.1, -0.05) is 0 Å². The van der Waals surface area contributed by atoms with Gasteiger partial charge in [0.15, 0.2) is 0 Å². The summed E-state index contributed by atoms with van der Waals surface area (Å²) in [6, 6.07) is 1.16. The Balaban J connectivity index is -0.000000480. The van der Waals surface area contributed by atoms with Crippen LogP contribution >= 0.6 is 37.2 Å². The van der Waals surface area contributed by atoms with Crippen molar-refractivity contribution in [1.29, 1.82) is 0 Å². The molecule has 1 saturated carbocycles. The molecule has 5 N–H and O–H groups in total. The number of hydrogen-bond donors (Lipinski definition) is 3. The van der Waals surface area contributed by atoms with E-state index in [9.17, 15) is 0 Å². The van der Waals surface area contributed by atoms with Crippen LogP contribution in [-0.4, -0.2) is 25.2 Å². The number of rotatable bonds is 4. The molecule has 6 heteroatoms. The Bertz CT molecular complexity index is 119. The van der Waals surface area contributed by atoms with Crippen LogP contribution in [0.2, 0.25) is 0 Å². The maximum absolute atomic E-state index is 5.80. The van der Waals surface area contributed by atoms with Gasteiger partial charge in [-0.2, -0.15) is 0 Å². The second kappa shape index (κ2) is 12.8. The van der Waals surface area contributed by atoms with Crippen LogP contribution < -0.4 is 16.8 Å². The van der Waals surface area contributed by atoms with Gasteiger partial charge in [0.05, 0.1) is 0 Å². The number of nitrogens with one attached hydrogen (secondary N) is 1. The molecule has 1 aliphatic carbocycles. The third-order valence-corrected chi connectivity index (χ3v) is 2.59. The van der Waals surface area contributed by atoms with E-state index in [0.717, 1.165) is 19.5 Å². The average molecular weight is 281 g/mol. The Kier molecular flexibility index (Phi) is 18.0. The maximum atomic E-state index is 5.80. The predicted octanol–water partition coefficient (Wildman–Crippen LogP) is 1.46. The van der Waals surface area contributed by atoms with E-state index in [4.69, 9.17) is 11.5 Å². The summed E-state index contributed by atoms with van der Waals surface area (Å²) in [6.45, 7) is 1.86. The van der Waals surface area contributed by atoms with E-state index in [1.807, 2.05) is 0 Å². The Labute approximate surface area is 111 Å². The first-order valence-electron chi connectivity index (χ1n) is 5.02. The molecule has 0 spiro atoms. The van der Waals surface area contributed by atoms with E-state index in [-0.39, 0.29) is 37.2 Å². The van der Waals surface area contributed by atoms with E-state index < -0.39 is 0 Å². The topological polar surface area (TPSA) is 64.1 Å². The second-order valence-electron chi connectivity index (χ2n) is 3.71. The lowest BCUT2D eigenvalue weighted by Gasteiger charge is -2.26. The summed E-state index contributed by atoms with van der Waals surface area (Å²) < 4.78 is 0. The highest BCUT2D eigenvalue weighted by Gasteiger charge is 2.16. The molecular weight excluding hydrogens is 256 g/mol. The van der Waals surface area contributed by atoms with Gasteiger partial charge in [0, 0.05) is 12.1 Å². The van der Waals surface area contributed by atoms with Crippen LogP contribution in [0.1, 0.15) is 32.1 Å². The van der Waals surface area contributed by atoms with Gasteiger partial charge in [0.25, 0.3) is 0 Å². The number of halogens is 3. The van der Waals surface area contributed by atoms with Gasteiger partial charge in [-0.25, -0.2) is 0 Å². The van der Waals surface area contributed by atoms with Crippen molar-refractivity contribution in [3.05, 3.63) is 0 Å². The van der Waals surface area contributed by atoms with E-state index in [0.29, 0.717) is 12.1 Å². The molecule has 0 amide bonds. The Morgan fingerprint density at radius 1 is 1.00 bits per heavy atom. The maximum Gasteiger partial charge on any atom is 0.00682 e. The first-order chi connectivity index (χ1) is 5.83. The molecule has 1 rings (SSSR count). The summed E-state index contributed by atoms with van der Waals surface area (Å²) >= 11 is 0. The summed E-state index contributed by atoms with van der Waals surface area (Å²) in [6.07, 6.45) is 5.93. The molecule has 0 aromatic heterocycles. The summed E-state index contributed by atoms with van der Waals surface area (Å²) in [4.78, 5) is 0. The molecule has 0 saturated heterocycles. The number of hydrogen-bond acceptors (Lipinski definition) is 3. The monoisotopic (exact) mass is 279 g/mol. The van der Waals surface area contributed by atoms with Crippen molar-refractivity contribution < 1.29 is 0 Å². The standard InChI is InChI=1S/C9H21N3.3ClH/c10-6-1-7-12-9-4-2-8(11)3-5-9;;;/h8-9,12H,1-7,10-11H2;3*1H. The van der Waals surface area contributed by atoms with Gasteiger partial charge in [0.1, 0.15) is 0 Å². The molecule has 96 valence electrons. The van der Waals surface area contributed by atoms with Crippen molar-refractivity contribution in [2.45, 2.75) is 44.2 Å². The minimum absolute atomic E-state index is 0. The summed E-state index contributed by atoms with van der Waals surface area (Å²) in [5, 5.41) is 3.51. The first-order valence-corrected chi connectivity index (χ1v) is 5.02. The molecule has 0 atom stereocenters. The highest BCUT2D eigenvalue weighted by molar-refractivity contribution is 5.86. The fourth-order valence-corrected chi connectivity index (χ4v) is 1.73. The van der Waals surface area contributed by atoms with E-state index >= 15 is 0 Å². The van der Waals surface area contributed by atoms with Crippen molar-refractivity contribution in [3.63, 3.8) is 0 Å². The van der Waals surface area contributed by atoms with Crippen LogP contribution in [0.5, 0.6) is 0 Å². The van der Waals surface area contributed by atoms with Gasteiger partial charge in [-0.15, -0.1) is 37.2 Å². The normalized spacial score (nSPS) is 24.4. The lowest BCUT2D eigenvalue weighted by atomic mass is 9.92. The lowest BCUT2D eigenvalue weighted by molar-refractivity contribution is 0.343. The molecule has 0 aromatic carbocycles. The summed E-state index contributed by atoms with van der Waals surface area (Å²) in [5.41, 5.74) is 11.2. The van der Waals surface area contributed by atoms with Crippen molar-refractivity contribution in [2.24, 2.45) is 11.5 Å². The summed E-state index contributed by atoms with van der Waals surface area (Å²) in [5.74, 6) is 0. The molecule has 0 unspecified atom stereocenters. The zero-order chi connectivity index (χ0) is 8.81. The van der Waals surface area contributed by atoms with Crippen molar-refractivity contribution in [2.75, 3.05) is 13.1 Å². The summed E-state index contributed by atoms with van der Waals surface area (Å²) in [7, 11) is 0. The second-order valence-corrected chi connectivity index (χ2v) is 3.71. The zero-order valence-electron chi connectivity index (χ0n) is 8.98. The molecule has 1 fully saturated rings. The zero-order valence-corrected chi connectivity index (χ0v) is 11.4. The van der Waals surface area contributed by atoms with Gasteiger partial charge in [-0.05, 0) is 45.2 Å². The van der Waals surface area contributed by atoms with Crippen LogP contribution in [0.15, 0.2) is 0 Å². The van der Waals surface area contributed by atoms with Crippen molar-refractivity contribution in [1.82, 2.24) is 5.32 Å². The predicted molar refractivity (Wildman–Crippen MR) is 73.6 cm³/mol. The van der Waals surface area contributed by atoms with Crippen LogP contribution in [0.25, 0.3) is 0 Å². The number of nitrogens with two attached hydrogens (primary N) is 2. The average Bonchev–Trinajstić information content (AvgIpc) is 2.09. The van der Waals surface area contributed by atoms with Crippen molar-refractivity contribution >= 4 is 37.2 Å². The molecule has 1 aliphatic rings. The molecule has 0 radical (unpaired) electrons. The fraction of sp³-hybridized carbons (Fsp3) is 1.00.